The highest BCUT2D eigenvalue weighted by Crippen LogP contribution is 2.25. The molecule has 1 aliphatic heterocycles. The van der Waals surface area contributed by atoms with E-state index >= 15 is 0 Å². The maximum Gasteiger partial charge on any atom is 0.385 e. The van der Waals surface area contributed by atoms with Crippen LogP contribution in [-0.2, 0) is 19.3 Å². The topological polar surface area (TPSA) is 68.3 Å². The first kappa shape index (κ1) is 6.47. The number of rotatable bonds is 3. The molecule has 0 spiro atoms. The summed E-state index contributed by atoms with van der Waals surface area (Å²) in [6, 6.07) is 0. The van der Waals surface area contributed by atoms with E-state index in [0.29, 0.717) is 0 Å². The monoisotopic (exact) mass is 134 g/mol. The van der Waals surface area contributed by atoms with Crippen LogP contribution >= 0.6 is 0 Å². The van der Waals surface area contributed by atoms with Crippen LogP contribution in [0.4, 0.5) is 0 Å². The summed E-state index contributed by atoms with van der Waals surface area (Å²) in [5.41, 5.74) is 0. The van der Waals surface area contributed by atoms with Gasteiger partial charge in [-0.15, -0.1) is 0 Å². The Hall–Kier alpha value is -0.650. The number of hydrogen-bond acceptors (Lipinski definition) is 5. The molecule has 5 heteroatoms. The summed E-state index contributed by atoms with van der Waals surface area (Å²) in [6.07, 6.45) is 0. The van der Waals surface area contributed by atoms with Gasteiger partial charge in [0.05, 0.1) is 7.11 Å². The molecule has 52 valence electrons. The van der Waals surface area contributed by atoms with Crippen LogP contribution in [0.1, 0.15) is 0 Å². The smallest absolute Gasteiger partial charge is 0.385 e. The molecule has 0 radical (unpaired) electrons. The first-order chi connectivity index (χ1) is 4.19. The summed E-state index contributed by atoms with van der Waals surface area (Å²) in [5, 5.41) is 8.75. The van der Waals surface area contributed by atoms with Gasteiger partial charge in [-0.05, 0) is 0 Å². The Labute approximate surface area is 51.1 Å². The van der Waals surface area contributed by atoms with Crippen molar-refractivity contribution in [1.82, 2.24) is 0 Å². The van der Waals surface area contributed by atoms with Crippen molar-refractivity contribution in [3.8, 4) is 0 Å². The van der Waals surface area contributed by atoms with E-state index in [2.05, 4.69) is 14.5 Å². The third-order valence-corrected chi connectivity index (χ3v) is 0.911. The van der Waals surface area contributed by atoms with E-state index in [1.807, 2.05) is 0 Å². The van der Waals surface area contributed by atoms with Crippen molar-refractivity contribution in [3.63, 3.8) is 0 Å². The van der Waals surface area contributed by atoms with Gasteiger partial charge in [-0.1, -0.05) is 0 Å². The maximum atomic E-state index is 10.1. The van der Waals surface area contributed by atoms with Gasteiger partial charge >= 0.3 is 11.8 Å². The van der Waals surface area contributed by atoms with Crippen molar-refractivity contribution >= 4 is 5.97 Å². The van der Waals surface area contributed by atoms with Crippen LogP contribution in [0.25, 0.3) is 0 Å². The Morgan fingerprint density at radius 2 is 2.44 bits per heavy atom. The van der Waals surface area contributed by atoms with Gasteiger partial charge in [0.2, 0.25) is 0 Å². The molecule has 0 aromatic carbocycles. The predicted octanol–water partition coefficient (Wildman–Crippen LogP) is -1.19. The second-order valence-electron chi connectivity index (χ2n) is 1.60. The average Bonchev–Trinajstić information content (AvgIpc) is 2.38. The fourth-order valence-corrected chi connectivity index (χ4v) is 0.355. The van der Waals surface area contributed by atoms with Crippen molar-refractivity contribution in [2.45, 2.75) is 5.79 Å². The fourth-order valence-electron chi connectivity index (χ4n) is 0.355. The molecule has 0 bridgehead atoms. The van der Waals surface area contributed by atoms with Crippen LogP contribution < -0.4 is 0 Å². The normalized spacial score (nSPS) is 32.0. The van der Waals surface area contributed by atoms with Crippen molar-refractivity contribution < 1.29 is 24.4 Å². The molecule has 5 nitrogen and oxygen atoms in total. The maximum absolute atomic E-state index is 10.1. The third kappa shape index (κ3) is 1.18. The SMILES string of the molecule is COOCC1(O)OC1=O. The summed E-state index contributed by atoms with van der Waals surface area (Å²) >= 11 is 0. The molecule has 1 N–H and O–H groups in total. The molecule has 1 aliphatic rings. The molecule has 0 aromatic rings. The Bertz CT molecular complexity index is 133. The second-order valence-corrected chi connectivity index (χ2v) is 1.60. The van der Waals surface area contributed by atoms with Gasteiger partial charge in [-0.25, -0.2) is 14.6 Å². The summed E-state index contributed by atoms with van der Waals surface area (Å²) in [4.78, 5) is 18.5. The van der Waals surface area contributed by atoms with E-state index < -0.39 is 11.8 Å². The Morgan fingerprint density at radius 1 is 1.89 bits per heavy atom. The quantitative estimate of drug-likeness (QED) is 0.298. The van der Waals surface area contributed by atoms with Crippen LogP contribution in [0.15, 0.2) is 0 Å². The van der Waals surface area contributed by atoms with Crippen LogP contribution in [0.5, 0.6) is 0 Å². The zero-order chi connectivity index (χ0) is 6.91. The minimum atomic E-state index is -1.73. The molecular weight excluding hydrogens is 128 g/mol. The number of carbonyl (C=O) groups excluding carboxylic acids is 1. The molecule has 1 saturated heterocycles. The zero-order valence-electron chi connectivity index (χ0n) is 4.79. The molecule has 0 amide bonds. The molecule has 1 rings (SSSR count). The molecule has 1 unspecified atom stereocenters. The summed E-state index contributed by atoms with van der Waals surface area (Å²) in [5.74, 6) is -2.41. The Kier molecular flexibility index (Phi) is 1.40. The minimum absolute atomic E-state index is 0.275. The van der Waals surface area contributed by atoms with Gasteiger partial charge in [0.1, 0.15) is 0 Å². The lowest BCUT2D eigenvalue weighted by molar-refractivity contribution is -0.295. The van der Waals surface area contributed by atoms with Gasteiger partial charge < -0.3 is 9.84 Å². The molecule has 1 atom stereocenters. The van der Waals surface area contributed by atoms with Crippen molar-refractivity contribution in [2.24, 2.45) is 0 Å². The highest BCUT2D eigenvalue weighted by molar-refractivity contribution is 5.90. The third-order valence-electron chi connectivity index (χ3n) is 0.911. The lowest BCUT2D eigenvalue weighted by atomic mass is 10.4. The summed E-state index contributed by atoms with van der Waals surface area (Å²) in [7, 11) is 1.27. The fraction of sp³-hybridized carbons (Fsp3) is 0.750. The van der Waals surface area contributed by atoms with Crippen LogP contribution in [0.3, 0.4) is 0 Å². The van der Waals surface area contributed by atoms with Gasteiger partial charge in [-0.2, -0.15) is 0 Å². The number of cyclic esters (lactones) is 1. The lowest BCUT2D eigenvalue weighted by Crippen LogP contribution is -2.19. The second kappa shape index (κ2) is 1.94. The van der Waals surface area contributed by atoms with Gasteiger partial charge in [0, 0.05) is 0 Å². The largest absolute Gasteiger partial charge is 0.414 e. The molecule has 1 fully saturated rings. The minimum Gasteiger partial charge on any atom is -0.414 e. The van der Waals surface area contributed by atoms with E-state index in [0.717, 1.165) is 0 Å². The Morgan fingerprint density at radius 3 is 2.78 bits per heavy atom. The number of aliphatic hydroxyl groups is 1. The van der Waals surface area contributed by atoms with Crippen molar-refractivity contribution in [2.75, 3.05) is 13.7 Å². The molecule has 1 heterocycles. The van der Waals surface area contributed by atoms with E-state index in [9.17, 15) is 4.79 Å². The zero-order valence-corrected chi connectivity index (χ0v) is 4.79. The van der Waals surface area contributed by atoms with E-state index in [1.54, 1.807) is 0 Å². The van der Waals surface area contributed by atoms with E-state index in [4.69, 9.17) is 5.11 Å². The molecule has 9 heavy (non-hydrogen) atoms. The van der Waals surface area contributed by atoms with Gasteiger partial charge in [-0.3, -0.25) is 0 Å². The first-order valence-corrected chi connectivity index (χ1v) is 2.30. The highest BCUT2D eigenvalue weighted by atomic mass is 17.2. The van der Waals surface area contributed by atoms with E-state index in [-0.39, 0.29) is 6.61 Å². The number of epoxide rings is 1. The van der Waals surface area contributed by atoms with Crippen LogP contribution in [-0.4, -0.2) is 30.6 Å². The molecular formula is C4H6O5. The Balaban J connectivity index is 2.21. The van der Waals surface area contributed by atoms with Crippen LogP contribution in [0.2, 0.25) is 0 Å². The summed E-state index contributed by atoms with van der Waals surface area (Å²) < 4.78 is 4.12. The number of hydrogen-bond donors (Lipinski definition) is 1. The lowest BCUT2D eigenvalue weighted by Gasteiger charge is -1.97. The molecule has 0 aliphatic carbocycles. The average molecular weight is 134 g/mol. The molecule has 0 saturated carbocycles. The highest BCUT2D eigenvalue weighted by Gasteiger charge is 2.58. The standard InChI is InChI=1S/C4H6O5/c1-7-8-2-4(6)3(5)9-4/h6H,2H2,1H3. The number of ether oxygens (including phenoxy) is 1. The summed E-state index contributed by atoms with van der Waals surface area (Å²) in [6.45, 7) is -0.275. The van der Waals surface area contributed by atoms with E-state index in [1.165, 1.54) is 7.11 Å². The van der Waals surface area contributed by atoms with Gasteiger partial charge in [0.15, 0.2) is 6.61 Å². The number of carbonyl (C=O) groups is 1. The molecule has 0 aromatic heterocycles. The predicted molar refractivity (Wildman–Crippen MR) is 24.0 cm³/mol. The van der Waals surface area contributed by atoms with Crippen molar-refractivity contribution in [3.05, 3.63) is 0 Å². The first-order valence-electron chi connectivity index (χ1n) is 2.30. The van der Waals surface area contributed by atoms with Crippen molar-refractivity contribution in [1.29, 1.82) is 0 Å². The van der Waals surface area contributed by atoms with Crippen LogP contribution in [0, 0.1) is 0 Å². The van der Waals surface area contributed by atoms with Gasteiger partial charge in [0.25, 0.3) is 0 Å².